The molecule has 0 spiro atoms. The molecule has 5 nitrogen and oxygen atoms in total. The van der Waals surface area contributed by atoms with Gasteiger partial charge in [0, 0.05) is 28.8 Å². The van der Waals surface area contributed by atoms with Crippen molar-refractivity contribution in [1.29, 1.82) is 0 Å². The molecule has 0 bridgehead atoms. The molecule has 1 saturated heterocycles. The molecule has 2 heterocycles. The molecule has 1 aliphatic rings. The molecule has 0 radical (unpaired) electrons. The first-order chi connectivity index (χ1) is 8.97. The Balaban J connectivity index is 2.06. The zero-order valence-electron chi connectivity index (χ0n) is 10.4. The second kappa shape index (κ2) is 5.54. The van der Waals surface area contributed by atoms with Crippen molar-refractivity contribution in [3.63, 3.8) is 0 Å². The van der Waals surface area contributed by atoms with Crippen LogP contribution in [0.4, 0.5) is 0 Å². The van der Waals surface area contributed by atoms with E-state index in [0.29, 0.717) is 0 Å². The largest absolute Gasteiger partial charge is 0.480 e. The number of hydrogen-bond donors (Lipinski definition) is 2. The van der Waals surface area contributed by atoms with Crippen LogP contribution in [0.1, 0.15) is 16.2 Å². The number of aliphatic hydroxyl groups is 1. The summed E-state index contributed by atoms with van der Waals surface area (Å²) in [4.78, 5) is 26.3. The van der Waals surface area contributed by atoms with Crippen LogP contribution < -0.4 is 0 Å². The highest BCUT2D eigenvalue weighted by Crippen LogP contribution is 2.20. The Morgan fingerprint density at radius 3 is 2.79 bits per heavy atom. The standard InChI is InChI=1S/C13H15NO4S/c1-8-2-3-10(19-8)4-5-12(16)14-7-9(15)6-11(14)13(17)18/h2-5,9,11,15H,6-7H2,1H3,(H,17,18)/t9-,11-/m0/s1. The zero-order chi connectivity index (χ0) is 14.0. The number of carboxylic acids is 1. The minimum Gasteiger partial charge on any atom is -0.480 e. The number of rotatable bonds is 3. The summed E-state index contributed by atoms with van der Waals surface area (Å²) < 4.78 is 0. The Kier molecular flexibility index (Phi) is 4.01. The molecule has 1 aromatic rings. The molecule has 0 aliphatic carbocycles. The van der Waals surface area contributed by atoms with E-state index in [0.717, 1.165) is 9.75 Å². The molecule has 102 valence electrons. The molecule has 1 aliphatic heterocycles. The van der Waals surface area contributed by atoms with Gasteiger partial charge in [-0.05, 0) is 25.1 Å². The van der Waals surface area contributed by atoms with Gasteiger partial charge < -0.3 is 15.1 Å². The topological polar surface area (TPSA) is 77.8 Å². The molecule has 19 heavy (non-hydrogen) atoms. The van der Waals surface area contributed by atoms with Crippen LogP contribution in [0.3, 0.4) is 0 Å². The number of aryl methyl sites for hydroxylation is 1. The normalized spacial score (nSPS) is 23.2. The van der Waals surface area contributed by atoms with E-state index < -0.39 is 18.1 Å². The van der Waals surface area contributed by atoms with Gasteiger partial charge in [-0.15, -0.1) is 11.3 Å². The summed E-state index contributed by atoms with van der Waals surface area (Å²) in [6.45, 7) is 2.05. The zero-order valence-corrected chi connectivity index (χ0v) is 11.3. The molecule has 1 amide bonds. The highest BCUT2D eigenvalue weighted by atomic mass is 32.1. The van der Waals surface area contributed by atoms with Crippen molar-refractivity contribution in [3.8, 4) is 0 Å². The fraction of sp³-hybridized carbons (Fsp3) is 0.385. The van der Waals surface area contributed by atoms with Crippen molar-refractivity contribution in [3.05, 3.63) is 28.0 Å². The van der Waals surface area contributed by atoms with E-state index in [1.165, 1.54) is 11.0 Å². The highest BCUT2D eigenvalue weighted by molar-refractivity contribution is 7.12. The van der Waals surface area contributed by atoms with Gasteiger partial charge in [0.15, 0.2) is 0 Å². The number of aliphatic carboxylic acids is 1. The summed E-state index contributed by atoms with van der Waals surface area (Å²) in [5.41, 5.74) is 0. The minimum atomic E-state index is -1.08. The van der Waals surface area contributed by atoms with E-state index in [4.69, 9.17) is 5.11 Å². The van der Waals surface area contributed by atoms with Gasteiger partial charge in [0.25, 0.3) is 0 Å². The third kappa shape index (κ3) is 3.21. The van der Waals surface area contributed by atoms with Crippen LogP contribution in [0.15, 0.2) is 18.2 Å². The first-order valence-corrected chi connectivity index (χ1v) is 6.75. The Hall–Kier alpha value is -1.66. The summed E-state index contributed by atoms with van der Waals surface area (Å²) in [5, 5.41) is 18.5. The predicted octanol–water partition coefficient (Wildman–Crippen LogP) is 1.12. The molecule has 0 unspecified atom stereocenters. The molecule has 1 fully saturated rings. The number of aliphatic hydroxyl groups excluding tert-OH is 1. The molecule has 2 N–H and O–H groups in total. The Morgan fingerprint density at radius 1 is 1.47 bits per heavy atom. The smallest absolute Gasteiger partial charge is 0.326 e. The molecule has 2 atom stereocenters. The SMILES string of the molecule is Cc1ccc(C=CC(=O)N2C[C@@H](O)C[C@H]2C(=O)O)s1. The molecular formula is C13H15NO4S. The van der Waals surface area contributed by atoms with Crippen LogP contribution in [0.25, 0.3) is 6.08 Å². The second-order valence-electron chi connectivity index (χ2n) is 4.52. The van der Waals surface area contributed by atoms with E-state index in [1.54, 1.807) is 17.4 Å². The number of carbonyl (C=O) groups excluding carboxylic acids is 1. The first-order valence-electron chi connectivity index (χ1n) is 5.93. The highest BCUT2D eigenvalue weighted by Gasteiger charge is 2.37. The van der Waals surface area contributed by atoms with Crippen LogP contribution in [0.5, 0.6) is 0 Å². The number of likely N-dealkylation sites (tertiary alicyclic amines) is 1. The van der Waals surface area contributed by atoms with Gasteiger partial charge in [-0.25, -0.2) is 4.79 Å². The number of carboxylic acid groups (broad SMARTS) is 1. The number of hydrogen-bond acceptors (Lipinski definition) is 4. The van der Waals surface area contributed by atoms with E-state index in [2.05, 4.69) is 0 Å². The number of nitrogens with zero attached hydrogens (tertiary/aromatic N) is 1. The molecule has 1 aromatic heterocycles. The summed E-state index contributed by atoms with van der Waals surface area (Å²) >= 11 is 1.56. The molecule has 0 aromatic carbocycles. The quantitative estimate of drug-likeness (QED) is 0.814. The van der Waals surface area contributed by atoms with Crippen molar-refractivity contribution in [2.45, 2.75) is 25.5 Å². The monoisotopic (exact) mass is 281 g/mol. The molecule has 6 heteroatoms. The fourth-order valence-electron chi connectivity index (χ4n) is 2.08. The van der Waals surface area contributed by atoms with E-state index in [9.17, 15) is 14.7 Å². The van der Waals surface area contributed by atoms with Crippen molar-refractivity contribution < 1.29 is 19.8 Å². The fourth-order valence-corrected chi connectivity index (χ4v) is 2.86. The predicted molar refractivity (Wildman–Crippen MR) is 71.9 cm³/mol. The van der Waals surface area contributed by atoms with Gasteiger partial charge >= 0.3 is 5.97 Å². The first kappa shape index (κ1) is 13.8. The lowest BCUT2D eigenvalue weighted by atomic mass is 10.2. The maximum absolute atomic E-state index is 12.0. The van der Waals surface area contributed by atoms with Crippen LogP contribution in [0, 0.1) is 6.92 Å². The summed E-state index contributed by atoms with van der Waals surface area (Å²) in [6.07, 6.45) is 2.36. The van der Waals surface area contributed by atoms with Gasteiger partial charge in [0.1, 0.15) is 6.04 Å². The van der Waals surface area contributed by atoms with Crippen LogP contribution in [-0.4, -0.2) is 45.7 Å². The van der Waals surface area contributed by atoms with Crippen molar-refractivity contribution in [2.75, 3.05) is 6.54 Å². The third-order valence-corrected chi connectivity index (χ3v) is 3.96. The van der Waals surface area contributed by atoms with E-state index >= 15 is 0 Å². The average molecular weight is 281 g/mol. The summed E-state index contributed by atoms with van der Waals surface area (Å²) in [5.74, 6) is -1.46. The maximum Gasteiger partial charge on any atom is 0.326 e. The Bertz CT molecular complexity index is 522. The van der Waals surface area contributed by atoms with Gasteiger partial charge in [-0.1, -0.05) is 0 Å². The third-order valence-electron chi connectivity index (χ3n) is 3.00. The summed E-state index contributed by atoms with van der Waals surface area (Å²) in [6, 6.07) is 2.92. The van der Waals surface area contributed by atoms with Gasteiger partial charge in [0.2, 0.25) is 5.91 Å². The lowest BCUT2D eigenvalue weighted by Gasteiger charge is -2.19. The van der Waals surface area contributed by atoms with Crippen LogP contribution in [0.2, 0.25) is 0 Å². The number of amides is 1. The number of thiophene rings is 1. The summed E-state index contributed by atoms with van der Waals surface area (Å²) in [7, 11) is 0. The van der Waals surface area contributed by atoms with Crippen molar-refractivity contribution >= 4 is 29.3 Å². The Morgan fingerprint density at radius 2 is 2.21 bits per heavy atom. The van der Waals surface area contributed by atoms with Gasteiger partial charge in [0.05, 0.1) is 6.10 Å². The second-order valence-corrected chi connectivity index (χ2v) is 5.84. The Labute approximate surface area is 114 Å². The minimum absolute atomic E-state index is 0.0730. The van der Waals surface area contributed by atoms with Gasteiger partial charge in [-0.3, -0.25) is 4.79 Å². The number of carbonyl (C=O) groups is 2. The van der Waals surface area contributed by atoms with Crippen molar-refractivity contribution in [1.82, 2.24) is 4.90 Å². The molecule has 2 rings (SSSR count). The lowest BCUT2D eigenvalue weighted by Crippen LogP contribution is -2.39. The number of β-amino-alcohol motifs (C(OH)–C–C–N with tert-alkyl or cyclic N) is 1. The maximum atomic E-state index is 12.0. The van der Waals surface area contributed by atoms with E-state index in [-0.39, 0.29) is 18.9 Å². The molecule has 0 saturated carbocycles. The van der Waals surface area contributed by atoms with Gasteiger partial charge in [-0.2, -0.15) is 0 Å². The van der Waals surface area contributed by atoms with Crippen molar-refractivity contribution in [2.24, 2.45) is 0 Å². The lowest BCUT2D eigenvalue weighted by molar-refractivity contribution is -0.146. The van der Waals surface area contributed by atoms with Crippen LogP contribution in [-0.2, 0) is 9.59 Å². The average Bonchev–Trinajstić information content (AvgIpc) is 2.92. The van der Waals surface area contributed by atoms with E-state index in [1.807, 2.05) is 19.1 Å². The molecular weight excluding hydrogens is 266 g/mol. The van der Waals surface area contributed by atoms with Crippen LogP contribution >= 0.6 is 11.3 Å².